The highest BCUT2D eigenvalue weighted by Crippen LogP contribution is 2.49. The molecule has 0 bridgehead atoms. The summed E-state index contributed by atoms with van der Waals surface area (Å²) in [4.78, 5) is 13.3. The first-order valence-corrected chi connectivity index (χ1v) is 8.44. The summed E-state index contributed by atoms with van der Waals surface area (Å²) in [6.45, 7) is 8.75. The molecule has 0 amide bonds. The van der Waals surface area contributed by atoms with Crippen LogP contribution in [0, 0.1) is 5.92 Å². The number of fused-ring (bicyclic) bond motifs is 3. The summed E-state index contributed by atoms with van der Waals surface area (Å²) in [7, 11) is 0. The van der Waals surface area contributed by atoms with Crippen LogP contribution in [0.3, 0.4) is 0 Å². The summed E-state index contributed by atoms with van der Waals surface area (Å²) in [5, 5.41) is 0. The fraction of sp³-hybridized carbons (Fsp3) is 0.450. The Hall–Kier alpha value is -1.91. The highest BCUT2D eigenvalue weighted by molar-refractivity contribution is 6.10. The van der Waals surface area contributed by atoms with Gasteiger partial charge in [-0.2, -0.15) is 0 Å². The van der Waals surface area contributed by atoms with E-state index in [4.69, 9.17) is 14.2 Å². The first kappa shape index (κ1) is 15.6. The van der Waals surface area contributed by atoms with Crippen LogP contribution in [0.4, 0.5) is 0 Å². The lowest BCUT2D eigenvalue weighted by Crippen LogP contribution is -2.51. The maximum Gasteiger partial charge on any atom is 0.261 e. The van der Waals surface area contributed by atoms with E-state index in [1.807, 2.05) is 30.3 Å². The number of hydrogen-bond donors (Lipinski definition) is 0. The van der Waals surface area contributed by atoms with Crippen molar-refractivity contribution in [1.29, 1.82) is 0 Å². The fourth-order valence-electron chi connectivity index (χ4n) is 3.61. The molecule has 1 fully saturated rings. The summed E-state index contributed by atoms with van der Waals surface area (Å²) in [5.41, 5.74) is 2.05. The average Bonchev–Trinajstić information content (AvgIpc) is 2.60. The van der Waals surface area contributed by atoms with Crippen LogP contribution < -0.4 is 0 Å². The number of rotatable bonds is 1. The summed E-state index contributed by atoms with van der Waals surface area (Å²) in [6, 6.07) is 7.73. The zero-order valence-corrected chi connectivity index (χ0v) is 14.1. The van der Waals surface area contributed by atoms with Crippen LogP contribution >= 0.6 is 0 Å². The lowest BCUT2D eigenvalue weighted by Gasteiger charge is -2.45. The Bertz CT molecular complexity index is 736. The van der Waals surface area contributed by atoms with E-state index in [2.05, 4.69) is 20.4 Å². The van der Waals surface area contributed by atoms with Crippen molar-refractivity contribution in [2.75, 3.05) is 13.2 Å². The quantitative estimate of drug-likeness (QED) is 0.740. The molecule has 0 atom stereocenters. The van der Waals surface area contributed by atoms with Crippen LogP contribution in [0.1, 0.15) is 37.8 Å². The zero-order valence-electron chi connectivity index (χ0n) is 14.1. The maximum absolute atomic E-state index is 13.3. The van der Waals surface area contributed by atoms with Crippen molar-refractivity contribution >= 4 is 11.5 Å². The molecule has 2 aliphatic heterocycles. The van der Waals surface area contributed by atoms with Crippen molar-refractivity contribution in [3.63, 3.8) is 0 Å². The van der Waals surface area contributed by atoms with Gasteiger partial charge in [-0.25, -0.2) is 0 Å². The number of hydrogen-bond acceptors (Lipinski definition) is 4. The van der Waals surface area contributed by atoms with E-state index in [-0.39, 0.29) is 17.3 Å². The van der Waals surface area contributed by atoms with Gasteiger partial charge in [-0.15, -0.1) is 6.58 Å². The third kappa shape index (κ3) is 2.17. The molecule has 1 spiro atoms. The minimum Gasteiger partial charge on any atom is -0.487 e. The SMILES string of the molecule is C=CC1COC2(OC1)C(=O)C1=C(OC(C)(C)CC1)c1ccccc12. The second-order valence-electron chi connectivity index (χ2n) is 7.28. The van der Waals surface area contributed by atoms with Crippen molar-refractivity contribution in [2.24, 2.45) is 5.92 Å². The highest BCUT2D eigenvalue weighted by Gasteiger charge is 2.54. The van der Waals surface area contributed by atoms with Crippen LogP contribution in [0.2, 0.25) is 0 Å². The zero-order chi connectivity index (χ0) is 16.9. The Balaban J connectivity index is 1.84. The van der Waals surface area contributed by atoms with Gasteiger partial charge in [-0.3, -0.25) is 4.79 Å². The third-order valence-corrected chi connectivity index (χ3v) is 5.06. The molecular weight excluding hydrogens is 304 g/mol. The molecule has 2 heterocycles. The Labute approximate surface area is 142 Å². The Kier molecular flexibility index (Phi) is 3.44. The van der Waals surface area contributed by atoms with E-state index in [0.29, 0.717) is 31.0 Å². The van der Waals surface area contributed by atoms with Gasteiger partial charge in [-0.1, -0.05) is 30.3 Å². The van der Waals surface area contributed by atoms with E-state index in [1.165, 1.54) is 0 Å². The average molecular weight is 326 g/mol. The maximum atomic E-state index is 13.3. The van der Waals surface area contributed by atoms with Gasteiger partial charge in [0.1, 0.15) is 11.4 Å². The smallest absolute Gasteiger partial charge is 0.261 e. The van der Waals surface area contributed by atoms with Gasteiger partial charge in [-0.05, 0) is 26.7 Å². The lowest BCUT2D eigenvalue weighted by molar-refractivity contribution is -0.268. The van der Waals surface area contributed by atoms with Gasteiger partial charge in [0.2, 0.25) is 5.78 Å². The van der Waals surface area contributed by atoms with E-state index in [0.717, 1.165) is 17.5 Å². The lowest BCUT2D eigenvalue weighted by atomic mass is 9.79. The summed E-state index contributed by atoms with van der Waals surface area (Å²) in [6.07, 6.45) is 3.28. The third-order valence-electron chi connectivity index (χ3n) is 5.06. The molecule has 0 N–H and O–H groups in total. The van der Waals surface area contributed by atoms with Crippen molar-refractivity contribution < 1.29 is 19.0 Å². The van der Waals surface area contributed by atoms with Crippen LogP contribution in [-0.4, -0.2) is 24.6 Å². The van der Waals surface area contributed by atoms with Gasteiger partial charge in [0, 0.05) is 22.6 Å². The molecule has 1 saturated heterocycles. The summed E-state index contributed by atoms with van der Waals surface area (Å²) >= 11 is 0. The van der Waals surface area contributed by atoms with Crippen molar-refractivity contribution in [2.45, 2.75) is 38.1 Å². The largest absolute Gasteiger partial charge is 0.487 e. The van der Waals surface area contributed by atoms with Gasteiger partial charge in [0.05, 0.1) is 13.2 Å². The molecule has 1 aromatic rings. The predicted octanol–water partition coefficient (Wildman–Crippen LogP) is 3.57. The number of carbonyl (C=O) groups is 1. The normalized spacial score (nSPS) is 31.2. The van der Waals surface area contributed by atoms with Crippen molar-refractivity contribution in [3.8, 4) is 0 Å². The summed E-state index contributed by atoms with van der Waals surface area (Å²) < 4.78 is 18.2. The molecular formula is C20H22O4. The predicted molar refractivity (Wildman–Crippen MR) is 90.0 cm³/mol. The first-order valence-electron chi connectivity index (χ1n) is 8.44. The molecule has 3 aliphatic rings. The Morgan fingerprint density at radius 2 is 1.92 bits per heavy atom. The molecule has 0 unspecified atom stereocenters. The molecule has 0 radical (unpaired) electrons. The molecule has 1 aliphatic carbocycles. The second-order valence-corrected chi connectivity index (χ2v) is 7.28. The fourth-order valence-corrected chi connectivity index (χ4v) is 3.61. The van der Waals surface area contributed by atoms with Crippen LogP contribution in [0.5, 0.6) is 0 Å². The van der Waals surface area contributed by atoms with Gasteiger partial charge >= 0.3 is 0 Å². The molecule has 1 aromatic carbocycles. The van der Waals surface area contributed by atoms with E-state index >= 15 is 0 Å². The van der Waals surface area contributed by atoms with E-state index in [9.17, 15) is 4.79 Å². The van der Waals surface area contributed by atoms with Gasteiger partial charge in [0.25, 0.3) is 5.79 Å². The van der Waals surface area contributed by atoms with Crippen molar-refractivity contribution in [1.82, 2.24) is 0 Å². The highest BCUT2D eigenvalue weighted by atomic mass is 16.7. The molecule has 24 heavy (non-hydrogen) atoms. The van der Waals surface area contributed by atoms with Crippen LogP contribution in [0.25, 0.3) is 5.76 Å². The summed E-state index contributed by atoms with van der Waals surface area (Å²) in [5.74, 6) is -0.656. The van der Waals surface area contributed by atoms with Crippen LogP contribution in [0.15, 0.2) is 42.5 Å². The van der Waals surface area contributed by atoms with Gasteiger partial charge in [0.15, 0.2) is 0 Å². The standard InChI is InChI=1S/C20H22O4/c1-4-13-11-22-20(23-12-13)16-8-6-5-7-14(16)17-15(18(20)21)9-10-19(2,3)24-17/h4-8,13H,1,9-12H2,2-3H3. The molecule has 126 valence electrons. The van der Waals surface area contributed by atoms with Crippen molar-refractivity contribution in [3.05, 3.63) is 53.6 Å². The Morgan fingerprint density at radius 1 is 1.21 bits per heavy atom. The number of ether oxygens (including phenoxy) is 3. The molecule has 4 nitrogen and oxygen atoms in total. The molecule has 4 rings (SSSR count). The molecule has 0 aromatic heterocycles. The monoisotopic (exact) mass is 326 g/mol. The minimum absolute atomic E-state index is 0.104. The number of carbonyl (C=O) groups excluding carboxylic acids is 1. The number of Topliss-reactive ketones (excluding diaryl/α,β-unsaturated/α-hetero) is 1. The number of benzene rings is 1. The number of ketones is 1. The topological polar surface area (TPSA) is 44.8 Å². The molecule has 4 heteroatoms. The van der Waals surface area contributed by atoms with E-state index in [1.54, 1.807) is 0 Å². The Morgan fingerprint density at radius 3 is 2.62 bits per heavy atom. The second kappa shape index (κ2) is 5.30. The first-order chi connectivity index (χ1) is 11.5. The van der Waals surface area contributed by atoms with E-state index < -0.39 is 5.79 Å². The van der Waals surface area contributed by atoms with Gasteiger partial charge < -0.3 is 14.2 Å². The minimum atomic E-state index is -1.33. The molecule has 0 saturated carbocycles. The van der Waals surface area contributed by atoms with Crippen LogP contribution in [-0.2, 0) is 24.8 Å².